The van der Waals surface area contributed by atoms with Crippen LogP contribution in [0.25, 0.3) is 11.0 Å². The van der Waals surface area contributed by atoms with Gasteiger partial charge in [0.1, 0.15) is 5.82 Å². The normalized spacial score (nSPS) is 15.8. The Balaban J connectivity index is 1.50. The first-order valence-electron chi connectivity index (χ1n) is 9.33. The van der Waals surface area contributed by atoms with Crippen molar-refractivity contribution < 1.29 is 22.4 Å². The van der Waals surface area contributed by atoms with E-state index in [0.717, 1.165) is 17.7 Å². The summed E-state index contributed by atoms with van der Waals surface area (Å²) in [6, 6.07) is 7.76. The molecule has 0 spiro atoms. The van der Waals surface area contributed by atoms with Gasteiger partial charge in [-0.1, -0.05) is 6.07 Å². The van der Waals surface area contributed by atoms with Crippen LogP contribution in [0.15, 0.2) is 42.7 Å². The second-order valence-electron chi connectivity index (χ2n) is 7.34. The molecule has 1 saturated heterocycles. The number of hydrogen-bond donors (Lipinski definition) is 0. The van der Waals surface area contributed by atoms with Crippen LogP contribution in [0.1, 0.15) is 40.4 Å². The molecule has 152 valence electrons. The average molecular weight is 405 g/mol. The van der Waals surface area contributed by atoms with E-state index in [1.54, 1.807) is 24.2 Å². The van der Waals surface area contributed by atoms with Gasteiger partial charge in [0, 0.05) is 24.7 Å². The van der Waals surface area contributed by atoms with Crippen LogP contribution in [0.5, 0.6) is 0 Å². The number of rotatable bonds is 2. The minimum Gasteiger partial charge on any atom is -0.338 e. The third-order valence-electron chi connectivity index (χ3n) is 5.48. The van der Waals surface area contributed by atoms with Crippen LogP contribution in [-0.2, 0) is 6.18 Å². The molecule has 0 bridgehead atoms. The minimum absolute atomic E-state index is 0.0365. The minimum atomic E-state index is -4.40. The largest absolute Gasteiger partial charge is 0.416 e. The zero-order valence-corrected chi connectivity index (χ0v) is 15.7. The van der Waals surface area contributed by atoms with Gasteiger partial charge in [-0.05, 0) is 55.7 Å². The third kappa shape index (κ3) is 3.71. The van der Waals surface area contributed by atoms with Crippen LogP contribution in [-0.4, -0.2) is 33.4 Å². The Labute approximate surface area is 164 Å². The van der Waals surface area contributed by atoms with Crippen molar-refractivity contribution >= 4 is 16.9 Å². The van der Waals surface area contributed by atoms with Gasteiger partial charge in [-0.25, -0.2) is 9.37 Å². The number of carbonyl (C=O) groups excluding carboxylic acids is 1. The van der Waals surface area contributed by atoms with E-state index in [1.165, 1.54) is 18.2 Å². The highest BCUT2D eigenvalue weighted by Gasteiger charge is 2.31. The molecule has 0 unspecified atom stereocenters. The summed E-state index contributed by atoms with van der Waals surface area (Å²) in [5.41, 5.74) is 1.30. The van der Waals surface area contributed by atoms with Crippen LogP contribution < -0.4 is 0 Å². The molecule has 3 aromatic rings. The monoisotopic (exact) mass is 405 g/mol. The molecule has 0 N–H and O–H groups in total. The molecule has 4 rings (SSSR count). The summed E-state index contributed by atoms with van der Waals surface area (Å²) >= 11 is 0. The van der Waals surface area contributed by atoms with Crippen LogP contribution in [0.2, 0.25) is 0 Å². The molecule has 4 nitrogen and oxygen atoms in total. The molecular weight excluding hydrogens is 386 g/mol. The number of benzene rings is 2. The Morgan fingerprint density at radius 1 is 1.10 bits per heavy atom. The summed E-state index contributed by atoms with van der Waals surface area (Å²) in [5.74, 6) is -0.650. The highest BCUT2D eigenvalue weighted by Crippen LogP contribution is 2.33. The summed E-state index contributed by atoms with van der Waals surface area (Å²) in [5, 5.41) is 0. The summed E-state index contributed by atoms with van der Waals surface area (Å²) < 4.78 is 54.1. The lowest BCUT2D eigenvalue weighted by atomic mass is 10.0. The van der Waals surface area contributed by atoms with Crippen molar-refractivity contribution in [2.45, 2.75) is 32.0 Å². The molecule has 1 amide bonds. The van der Waals surface area contributed by atoms with Gasteiger partial charge in [0.25, 0.3) is 5.91 Å². The summed E-state index contributed by atoms with van der Waals surface area (Å²) in [4.78, 5) is 18.6. The van der Waals surface area contributed by atoms with Gasteiger partial charge >= 0.3 is 6.18 Å². The Bertz CT molecular complexity index is 1070. The smallest absolute Gasteiger partial charge is 0.338 e. The Kier molecular flexibility index (Phi) is 4.80. The van der Waals surface area contributed by atoms with E-state index < -0.39 is 17.6 Å². The van der Waals surface area contributed by atoms with Crippen molar-refractivity contribution in [3.8, 4) is 0 Å². The fraction of sp³-hybridized carbons (Fsp3) is 0.333. The molecule has 1 fully saturated rings. The number of aromatic nitrogens is 2. The standard InChI is InChI=1S/C21H19F4N3O/c1-13-2-4-15(22)11-17(13)20(29)27-8-6-16(7-9-27)28-12-26-18-10-14(21(23,24)25)3-5-19(18)28/h2-5,10-12,16H,6-9H2,1H3. The lowest BCUT2D eigenvalue weighted by Crippen LogP contribution is -2.39. The van der Waals surface area contributed by atoms with E-state index in [9.17, 15) is 22.4 Å². The fourth-order valence-electron chi connectivity index (χ4n) is 3.84. The summed E-state index contributed by atoms with van der Waals surface area (Å²) in [6.45, 7) is 2.74. The van der Waals surface area contributed by atoms with Crippen molar-refractivity contribution in [3.63, 3.8) is 0 Å². The number of halogens is 4. The van der Waals surface area contributed by atoms with Crippen molar-refractivity contribution in [2.24, 2.45) is 0 Å². The number of nitrogens with zero attached hydrogens (tertiary/aromatic N) is 3. The SMILES string of the molecule is Cc1ccc(F)cc1C(=O)N1CCC(n2cnc3cc(C(F)(F)F)ccc32)CC1. The zero-order chi connectivity index (χ0) is 20.8. The average Bonchev–Trinajstić information content (AvgIpc) is 3.12. The van der Waals surface area contributed by atoms with Gasteiger partial charge in [-0.3, -0.25) is 4.79 Å². The zero-order valence-electron chi connectivity index (χ0n) is 15.7. The number of aryl methyl sites for hydroxylation is 1. The maximum atomic E-state index is 13.5. The fourth-order valence-corrected chi connectivity index (χ4v) is 3.84. The molecule has 8 heteroatoms. The lowest BCUT2D eigenvalue weighted by Gasteiger charge is -2.33. The molecule has 1 aliphatic heterocycles. The summed E-state index contributed by atoms with van der Waals surface area (Å²) in [7, 11) is 0. The maximum absolute atomic E-state index is 13.5. The van der Waals surface area contributed by atoms with Crippen LogP contribution in [0.4, 0.5) is 17.6 Å². The van der Waals surface area contributed by atoms with E-state index >= 15 is 0 Å². The predicted octanol–water partition coefficient (Wildman–Crippen LogP) is 4.98. The van der Waals surface area contributed by atoms with E-state index in [2.05, 4.69) is 4.98 Å². The number of fused-ring (bicyclic) bond motifs is 1. The van der Waals surface area contributed by atoms with Gasteiger partial charge in [-0.2, -0.15) is 13.2 Å². The third-order valence-corrected chi connectivity index (χ3v) is 5.48. The second kappa shape index (κ2) is 7.17. The number of hydrogen-bond acceptors (Lipinski definition) is 2. The van der Waals surface area contributed by atoms with Gasteiger partial charge in [0.2, 0.25) is 0 Å². The number of alkyl halides is 3. The lowest BCUT2D eigenvalue weighted by molar-refractivity contribution is -0.137. The quantitative estimate of drug-likeness (QED) is 0.564. The first kappa shape index (κ1) is 19.4. The van der Waals surface area contributed by atoms with Gasteiger partial charge < -0.3 is 9.47 Å². The Hall–Kier alpha value is -2.90. The van der Waals surface area contributed by atoms with Crippen molar-refractivity contribution in [1.82, 2.24) is 14.5 Å². The molecule has 0 radical (unpaired) electrons. The number of amides is 1. The number of imidazole rings is 1. The number of piperidine rings is 1. The highest BCUT2D eigenvalue weighted by molar-refractivity contribution is 5.95. The van der Waals surface area contributed by atoms with Crippen molar-refractivity contribution in [3.05, 3.63) is 65.2 Å². The van der Waals surface area contributed by atoms with Gasteiger partial charge in [-0.15, -0.1) is 0 Å². The Morgan fingerprint density at radius 3 is 2.52 bits per heavy atom. The van der Waals surface area contributed by atoms with Crippen LogP contribution in [0, 0.1) is 12.7 Å². The molecule has 2 aromatic carbocycles. The molecule has 2 heterocycles. The molecule has 1 aromatic heterocycles. The molecule has 29 heavy (non-hydrogen) atoms. The van der Waals surface area contributed by atoms with Crippen LogP contribution >= 0.6 is 0 Å². The van der Waals surface area contributed by atoms with Gasteiger partial charge in [0.05, 0.1) is 22.9 Å². The first-order chi connectivity index (χ1) is 13.7. The van der Waals surface area contributed by atoms with E-state index in [4.69, 9.17) is 0 Å². The Morgan fingerprint density at radius 2 is 1.83 bits per heavy atom. The van der Waals surface area contributed by atoms with E-state index in [-0.39, 0.29) is 11.9 Å². The maximum Gasteiger partial charge on any atom is 0.416 e. The predicted molar refractivity (Wildman–Crippen MR) is 100 cm³/mol. The number of carbonyl (C=O) groups is 1. The molecule has 0 aliphatic carbocycles. The van der Waals surface area contributed by atoms with Gasteiger partial charge in [0.15, 0.2) is 0 Å². The second-order valence-corrected chi connectivity index (χ2v) is 7.34. The first-order valence-corrected chi connectivity index (χ1v) is 9.33. The van der Waals surface area contributed by atoms with Crippen LogP contribution in [0.3, 0.4) is 0 Å². The molecule has 1 aliphatic rings. The topological polar surface area (TPSA) is 38.1 Å². The molecule has 0 saturated carbocycles. The number of likely N-dealkylation sites (tertiary alicyclic amines) is 1. The van der Waals surface area contributed by atoms with E-state index in [1.807, 2.05) is 4.57 Å². The van der Waals surface area contributed by atoms with E-state index in [0.29, 0.717) is 42.5 Å². The van der Waals surface area contributed by atoms with Crippen molar-refractivity contribution in [1.29, 1.82) is 0 Å². The molecular formula is C21H19F4N3O. The molecule has 0 atom stereocenters. The highest BCUT2D eigenvalue weighted by atomic mass is 19.4. The van der Waals surface area contributed by atoms with Crippen molar-refractivity contribution in [2.75, 3.05) is 13.1 Å². The summed E-state index contributed by atoms with van der Waals surface area (Å²) in [6.07, 6.45) is -1.55.